The summed E-state index contributed by atoms with van der Waals surface area (Å²) in [5.74, 6) is -0.485. The van der Waals surface area contributed by atoms with Crippen molar-refractivity contribution in [3.63, 3.8) is 0 Å². The van der Waals surface area contributed by atoms with Crippen LogP contribution in [0.4, 0.5) is 0 Å². The second-order valence-electron chi connectivity index (χ2n) is 18.0. The van der Waals surface area contributed by atoms with Crippen molar-refractivity contribution in [1.29, 1.82) is 0 Å². The molecule has 6 unspecified atom stereocenters. The topological polar surface area (TPSA) is 192 Å². The van der Waals surface area contributed by atoms with Crippen LogP contribution in [0.3, 0.4) is 0 Å². The molecule has 0 radical (unpaired) electrons. The molecule has 0 spiro atoms. The molecular weight excluding hydrogens is 836 g/mol. The fourth-order valence-electron chi connectivity index (χ4n) is 7.85. The third-order valence-electron chi connectivity index (χ3n) is 12.0. The van der Waals surface area contributed by atoms with Crippen LogP contribution in [-0.4, -0.2) is 98.9 Å². The van der Waals surface area contributed by atoms with E-state index in [0.29, 0.717) is 13.0 Å². The molecule has 6 atom stereocenters. The van der Waals surface area contributed by atoms with Gasteiger partial charge in [0.1, 0.15) is 42.7 Å². The molecule has 0 aromatic heterocycles. The average Bonchev–Trinajstić information content (AvgIpc) is 3.28. The number of aliphatic hydroxyl groups is 5. The predicted molar refractivity (Wildman–Crippen MR) is 258 cm³/mol. The van der Waals surface area contributed by atoms with Gasteiger partial charge >= 0.3 is 13.8 Å². The number of hydrogen-bond donors (Lipinski definition) is 6. The van der Waals surface area contributed by atoms with E-state index >= 15 is 0 Å². The van der Waals surface area contributed by atoms with Crippen LogP contribution in [-0.2, 0) is 27.9 Å². The molecular formula is C51H95O12P. The standard InChI is InChI=1S/C51H95O12P/c1-3-5-7-9-11-13-15-17-19-20-21-22-23-24-25-27-29-31-33-35-37-39-41-60-42-44(43-61-64(58,59)63-51-49(56)47(54)46(53)48(55)50(51)57)62-45(52)40-38-36-34-32-30-28-26-18-16-14-12-10-8-6-4-2/h15,17-18,20-21,26,44,46-51,53-57H,3-14,16,19,22-25,27-43H2,1-2H3,(H,58,59)/b17-15-,21-20-,26-18-. The molecule has 1 fully saturated rings. The first kappa shape index (κ1) is 60.6. The van der Waals surface area contributed by atoms with E-state index < -0.39 is 63.1 Å². The van der Waals surface area contributed by atoms with Gasteiger partial charge in [0, 0.05) is 13.0 Å². The van der Waals surface area contributed by atoms with Gasteiger partial charge in [-0.15, -0.1) is 0 Å². The maximum atomic E-state index is 12.8. The first-order valence-electron chi connectivity index (χ1n) is 25.8. The van der Waals surface area contributed by atoms with Crippen molar-refractivity contribution in [2.24, 2.45) is 0 Å². The number of aliphatic hydroxyl groups excluding tert-OH is 5. The first-order chi connectivity index (χ1) is 31.0. The summed E-state index contributed by atoms with van der Waals surface area (Å²) in [6, 6.07) is 0. The highest BCUT2D eigenvalue weighted by Crippen LogP contribution is 2.47. The van der Waals surface area contributed by atoms with E-state index in [1.807, 2.05) is 0 Å². The zero-order valence-electron chi connectivity index (χ0n) is 40.3. The van der Waals surface area contributed by atoms with Gasteiger partial charge in [0.15, 0.2) is 0 Å². The molecule has 1 saturated carbocycles. The van der Waals surface area contributed by atoms with Crippen molar-refractivity contribution in [3.8, 4) is 0 Å². The van der Waals surface area contributed by atoms with Crippen molar-refractivity contribution in [1.82, 2.24) is 0 Å². The van der Waals surface area contributed by atoms with Crippen molar-refractivity contribution in [3.05, 3.63) is 36.5 Å². The molecule has 1 aliphatic rings. The van der Waals surface area contributed by atoms with Gasteiger partial charge in [-0.25, -0.2) is 4.57 Å². The van der Waals surface area contributed by atoms with Gasteiger partial charge in [0.2, 0.25) is 0 Å². The summed E-state index contributed by atoms with van der Waals surface area (Å²) >= 11 is 0. The average molecular weight is 931 g/mol. The van der Waals surface area contributed by atoms with Crippen LogP contribution in [0.1, 0.15) is 219 Å². The Bertz CT molecular complexity index is 1200. The molecule has 64 heavy (non-hydrogen) atoms. The lowest BCUT2D eigenvalue weighted by Crippen LogP contribution is -2.64. The number of ether oxygens (including phenoxy) is 2. The Hall–Kier alpha value is -1.44. The van der Waals surface area contributed by atoms with Gasteiger partial charge in [-0.2, -0.15) is 0 Å². The van der Waals surface area contributed by atoms with Crippen molar-refractivity contribution >= 4 is 13.8 Å². The fourth-order valence-corrected chi connectivity index (χ4v) is 8.82. The van der Waals surface area contributed by atoms with Crippen molar-refractivity contribution < 1.29 is 58.3 Å². The minimum Gasteiger partial charge on any atom is -0.457 e. The van der Waals surface area contributed by atoms with Crippen LogP contribution >= 0.6 is 7.82 Å². The summed E-state index contributed by atoms with van der Waals surface area (Å²) in [5.41, 5.74) is 0. The van der Waals surface area contributed by atoms with E-state index in [1.165, 1.54) is 122 Å². The Morgan fingerprint density at radius 1 is 0.500 bits per heavy atom. The highest BCUT2D eigenvalue weighted by atomic mass is 31.2. The monoisotopic (exact) mass is 931 g/mol. The summed E-state index contributed by atoms with van der Waals surface area (Å²) in [5, 5.41) is 50.3. The molecule has 12 nitrogen and oxygen atoms in total. The number of allylic oxidation sites excluding steroid dienone is 6. The maximum Gasteiger partial charge on any atom is 0.472 e. The molecule has 13 heteroatoms. The zero-order chi connectivity index (χ0) is 46.9. The number of phosphoric ester groups is 1. The number of rotatable bonds is 44. The van der Waals surface area contributed by atoms with E-state index in [9.17, 15) is 39.8 Å². The number of phosphoric acid groups is 1. The Morgan fingerprint density at radius 3 is 1.33 bits per heavy atom. The summed E-state index contributed by atoms with van der Waals surface area (Å²) in [6.45, 7) is 4.25. The smallest absolute Gasteiger partial charge is 0.457 e. The third kappa shape index (κ3) is 33.1. The van der Waals surface area contributed by atoms with Crippen molar-refractivity contribution in [2.75, 3.05) is 19.8 Å². The highest BCUT2D eigenvalue weighted by Gasteiger charge is 2.51. The highest BCUT2D eigenvalue weighted by molar-refractivity contribution is 7.47. The van der Waals surface area contributed by atoms with Crippen LogP contribution in [0.25, 0.3) is 0 Å². The molecule has 0 bridgehead atoms. The Labute approximate surface area is 389 Å². The summed E-state index contributed by atoms with van der Waals surface area (Å²) in [6.07, 6.45) is 37.8. The van der Waals surface area contributed by atoms with Crippen molar-refractivity contribution in [2.45, 2.75) is 262 Å². The molecule has 1 aliphatic carbocycles. The largest absolute Gasteiger partial charge is 0.472 e. The van der Waals surface area contributed by atoms with E-state index in [0.717, 1.165) is 70.6 Å². The second kappa shape index (κ2) is 41.7. The van der Waals surface area contributed by atoms with Gasteiger partial charge in [0.25, 0.3) is 0 Å². The van der Waals surface area contributed by atoms with E-state index in [1.54, 1.807) is 0 Å². The normalized spacial score (nSPS) is 21.9. The lowest BCUT2D eigenvalue weighted by molar-refractivity contribution is -0.220. The molecule has 6 N–H and O–H groups in total. The van der Waals surface area contributed by atoms with Gasteiger partial charge in [0.05, 0.1) is 13.2 Å². The second-order valence-corrected chi connectivity index (χ2v) is 19.4. The Kier molecular flexibility index (Phi) is 39.5. The maximum absolute atomic E-state index is 12.8. The Morgan fingerprint density at radius 2 is 0.875 bits per heavy atom. The Balaban J connectivity index is 2.33. The summed E-state index contributed by atoms with van der Waals surface area (Å²) in [7, 11) is -5.02. The molecule has 1 rings (SSSR count). The number of unbranched alkanes of at least 4 members (excludes halogenated alkanes) is 26. The third-order valence-corrected chi connectivity index (χ3v) is 13.0. The van der Waals surface area contributed by atoms with E-state index in [-0.39, 0.29) is 13.0 Å². The van der Waals surface area contributed by atoms with Crippen LogP contribution in [0.2, 0.25) is 0 Å². The number of carbonyl (C=O) groups excluding carboxylic acids is 1. The number of hydrogen-bond acceptors (Lipinski definition) is 11. The van der Waals surface area contributed by atoms with Crippen LogP contribution < -0.4 is 0 Å². The minimum absolute atomic E-state index is 0.0808. The van der Waals surface area contributed by atoms with E-state index in [2.05, 4.69) is 50.3 Å². The number of carbonyl (C=O) groups is 1. The first-order valence-corrected chi connectivity index (χ1v) is 27.3. The van der Waals surface area contributed by atoms with Gasteiger partial charge in [-0.3, -0.25) is 13.8 Å². The zero-order valence-corrected chi connectivity index (χ0v) is 41.2. The minimum atomic E-state index is -5.02. The van der Waals surface area contributed by atoms with Crippen LogP contribution in [0.15, 0.2) is 36.5 Å². The van der Waals surface area contributed by atoms with Gasteiger partial charge in [-0.1, -0.05) is 179 Å². The molecule has 0 aliphatic heterocycles. The van der Waals surface area contributed by atoms with E-state index in [4.69, 9.17) is 18.5 Å². The van der Waals surface area contributed by atoms with Gasteiger partial charge in [-0.05, 0) is 70.6 Å². The molecule has 0 heterocycles. The number of esters is 1. The fraction of sp³-hybridized carbons (Fsp3) is 0.863. The summed E-state index contributed by atoms with van der Waals surface area (Å²) in [4.78, 5) is 23.2. The molecule has 0 aromatic carbocycles. The molecule has 0 aromatic rings. The quantitative estimate of drug-likeness (QED) is 0.0147. The SMILES string of the molecule is CCCCCCC/C=C\C/C=C\CCCCCCCCCCCCOCC(COP(=O)(O)OC1C(O)C(O)C(O)C(O)C1O)OC(=O)CCCCCCC/C=C\CCCCCCCC. The van der Waals surface area contributed by atoms with Crippen LogP contribution in [0, 0.1) is 0 Å². The molecule has 376 valence electrons. The van der Waals surface area contributed by atoms with Crippen LogP contribution in [0.5, 0.6) is 0 Å². The molecule has 0 amide bonds. The lowest BCUT2D eigenvalue weighted by Gasteiger charge is -2.41. The van der Waals surface area contributed by atoms with Gasteiger partial charge < -0.3 is 39.9 Å². The summed E-state index contributed by atoms with van der Waals surface area (Å²) < 4.78 is 34.3. The molecule has 0 saturated heterocycles. The predicted octanol–water partition coefficient (Wildman–Crippen LogP) is 11.4. The lowest BCUT2D eigenvalue weighted by atomic mass is 9.85.